The number of hydrogen-bond acceptors (Lipinski definition) is 3. The van der Waals surface area contributed by atoms with E-state index in [1.807, 2.05) is 6.92 Å². The molecule has 114 valence electrons. The molecule has 0 saturated carbocycles. The van der Waals surface area contributed by atoms with Gasteiger partial charge in [0.2, 0.25) is 11.8 Å². The summed E-state index contributed by atoms with van der Waals surface area (Å²) in [5.41, 5.74) is 0.552. The summed E-state index contributed by atoms with van der Waals surface area (Å²) in [7, 11) is 0. The van der Waals surface area contributed by atoms with Crippen molar-refractivity contribution < 1.29 is 14.3 Å². The van der Waals surface area contributed by atoms with Gasteiger partial charge in [-0.1, -0.05) is 17.7 Å². The minimum Gasteiger partial charge on any atom is -0.490 e. The lowest BCUT2D eigenvalue weighted by Crippen LogP contribution is -2.40. The molecular formula is C15H19ClN2O3. The molecule has 1 aliphatic rings. The largest absolute Gasteiger partial charge is 0.490 e. The van der Waals surface area contributed by atoms with Gasteiger partial charge in [0, 0.05) is 18.9 Å². The molecule has 0 radical (unpaired) electrons. The Morgan fingerprint density at radius 1 is 1.52 bits per heavy atom. The maximum atomic E-state index is 12.1. The Kier molecular flexibility index (Phi) is 5.44. The predicted octanol–water partition coefficient (Wildman–Crippen LogP) is 2.74. The van der Waals surface area contributed by atoms with Crippen LogP contribution in [0.2, 0.25) is 5.02 Å². The van der Waals surface area contributed by atoms with Gasteiger partial charge in [-0.2, -0.15) is 0 Å². The van der Waals surface area contributed by atoms with Crippen molar-refractivity contribution >= 4 is 29.1 Å². The first-order valence-corrected chi connectivity index (χ1v) is 7.48. The van der Waals surface area contributed by atoms with Crippen LogP contribution in [0.5, 0.6) is 5.75 Å². The van der Waals surface area contributed by atoms with E-state index in [1.54, 1.807) is 18.2 Å². The molecule has 0 aromatic heterocycles. The van der Waals surface area contributed by atoms with Crippen molar-refractivity contribution in [1.82, 2.24) is 5.32 Å². The number of hydrogen-bond donors (Lipinski definition) is 2. The Hall–Kier alpha value is -1.75. The van der Waals surface area contributed by atoms with Crippen LogP contribution in [0.1, 0.15) is 32.6 Å². The summed E-state index contributed by atoms with van der Waals surface area (Å²) in [5, 5.41) is 6.08. The Morgan fingerprint density at radius 2 is 2.33 bits per heavy atom. The summed E-state index contributed by atoms with van der Waals surface area (Å²) >= 11 is 6.07. The standard InChI is InChI=1S/C15H19ClN2O3/c1-2-21-15-11(16)6-4-7-12(15)18-14(20)9-10-5-3-8-13(19)17-10/h4,6-7,10H,2-3,5,8-9H2,1H3,(H,17,19)(H,18,20). The first-order chi connectivity index (χ1) is 10.1. The molecule has 1 fully saturated rings. The van der Waals surface area contributed by atoms with Gasteiger partial charge in [0.1, 0.15) is 0 Å². The Labute approximate surface area is 129 Å². The Balaban J connectivity index is 1.99. The smallest absolute Gasteiger partial charge is 0.226 e. The average molecular weight is 311 g/mol. The fourth-order valence-electron chi connectivity index (χ4n) is 2.36. The van der Waals surface area contributed by atoms with Crippen LogP contribution in [0.25, 0.3) is 0 Å². The number of carbonyl (C=O) groups excluding carboxylic acids is 2. The molecule has 1 aromatic rings. The highest BCUT2D eigenvalue weighted by molar-refractivity contribution is 6.32. The zero-order valence-electron chi connectivity index (χ0n) is 11.9. The number of amides is 2. The van der Waals surface area contributed by atoms with Gasteiger partial charge >= 0.3 is 0 Å². The molecule has 1 aromatic carbocycles. The minimum atomic E-state index is -0.162. The summed E-state index contributed by atoms with van der Waals surface area (Å²) in [4.78, 5) is 23.4. The van der Waals surface area contributed by atoms with Crippen LogP contribution in [-0.2, 0) is 9.59 Å². The molecule has 1 unspecified atom stereocenters. The molecule has 1 atom stereocenters. The second-order valence-electron chi connectivity index (χ2n) is 4.96. The maximum absolute atomic E-state index is 12.1. The number of nitrogens with one attached hydrogen (secondary N) is 2. The van der Waals surface area contributed by atoms with E-state index in [2.05, 4.69) is 10.6 Å². The van der Waals surface area contributed by atoms with Gasteiger partial charge in [-0.3, -0.25) is 9.59 Å². The molecule has 5 nitrogen and oxygen atoms in total. The molecular weight excluding hydrogens is 292 g/mol. The van der Waals surface area contributed by atoms with Crippen LogP contribution in [0, 0.1) is 0 Å². The third kappa shape index (κ3) is 4.36. The lowest BCUT2D eigenvalue weighted by atomic mass is 10.0. The number of carbonyl (C=O) groups is 2. The van der Waals surface area contributed by atoms with Gasteiger partial charge < -0.3 is 15.4 Å². The van der Waals surface area contributed by atoms with Gasteiger partial charge in [-0.15, -0.1) is 0 Å². The number of para-hydroxylation sites is 1. The molecule has 2 rings (SSSR count). The van der Waals surface area contributed by atoms with Crippen LogP contribution in [0.4, 0.5) is 5.69 Å². The summed E-state index contributed by atoms with van der Waals surface area (Å²) in [6.45, 7) is 2.32. The minimum absolute atomic E-state index is 0.0109. The van der Waals surface area contributed by atoms with Gasteiger partial charge in [0.05, 0.1) is 17.3 Å². The number of halogens is 1. The van der Waals surface area contributed by atoms with Crippen LogP contribution >= 0.6 is 11.6 Å². The van der Waals surface area contributed by atoms with Crippen LogP contribution in [-0.4, -0.2) is 24.5 Å². The van der Waals surface area contributed by atoms with E-state index in [9.17, 15) is 9.59 Å². The third-order valence-electron chi connectivity index (χ3n) is 3.28. The fourth-order valence-corrected chi connectivity index (χ4v) is 2.59. The van der Waals surface area contributed by atoms with Gasteiger partial charge in [0.15, 0.2) is 5.75 Å². The molecule has 0 spiro atoms. The second kappa shape index (κ2) is 7.31. The maximum Gasteiger partial charge on any atom is 0.226 e. The normalized spacial score (nSPS) is 18.0. The van der Waals surface area contributed by atoms with E-state index >= 15 is 0 Å². The predicted molar refractivity (Wildman–Crippen MR) is 81.6 cm³/mol. The molecule has 0 aliphatic carbocycles. The van der Waals surface area contributed by atoms with E-state index in [1.165, 1.54) is 0 Å². The van der Waals surface area contributed by atoms with Gasteiger partial charge in [-0.05, 0) is 31.9 Å². The topological polar surface area (TPSA) is 67.4 Å². The lowest BCUT2D eigenvalue weighted by Gasteiger charge is -2.23. The van der Waals surface area contributed by atoms with Crippen molar-refractivity contribution in [3.63, 3.8) is 0 Å². The zero-order chi connectivity index (χ0) is 15.2. The number of piperidine rings is 1. The fraction of sp³-hybridized carbons (Fsp3) is 0.467. The number of rotatable bonds is 5. The molecule has 2 N–H and O–H groups in total. The van der Waals surface area contributed by atoms with E-state index in [-0.39, 0.29) is 24.3 Å². The zero-order valence-corrected chi connectivity index (χ0v) is 12.7. The van der Waals surface area contributed by atoms with Crippen molar-refractivity contribution in [3.8, 4) is 5.75 Å². The average Bonchev–Trinajstić information content (AvgIpc) is 2.42. The van der Waals surface area contributed by atoms with E-state index < -0.39 is 0 Å². The molecule has 1 aliphatic heterocycles. The van der Waals surface area contributed by atoms with Crippen LogP contribution < -0.4 is 15.4 Å². The summed E-state index contributed by atoms with van der Waals surface area (Å²) in [6.07, 6.45) is 2.45. The third-order valence-corrected chi connectivity index (χ3v) is 3.58. The summed E-state index contributed by atoms with van der Waals surface area (Å²) in [6, 6.07) is 5.11. The molecule has 2 amide bonds. The first kappa shape index (κ1) is 15.6. The van der Waals surface area contributed by atoms with Gasteiger partial charge in [-0.25, -0.2) is 0 Å². The van der Waals surface area contributed by atoms with Crippen molar-refractivity contribution in [1.29, 1.82) is 0 Å². The highest BCUT2D eigenvalue weighted by atomic mass is 35.5. The quantitative estimate of drug-likeness (QED) is 0.878. The van der Waals surface area contributed by atoms with E-state index in [0.717, 1.165) is 12.8 Å². The molecule has 0 bridgehead atoms. The molecule has 6 heteroatoms. The van der Waals surface area contributed by atoms with Crippen molar-refractivity contribution in [2.75, 3.05) is 11.9 Å². The number of benzene rings is 1. The van der Waals surface area contributed by atoms with Crippen molar-refractivity contribution in [2.24, 2.45) is 0 Å². The van der Waals surface area contributed by atoms with Crippen LogP contribution in [0.15, 0.2) is 18.2 Å². The second-order valence-corrected chi connectivity index (χ2v) is 5.37. The molecule has 1 heterocycles. The van der Waals surface area contributed by atoms with Crippen LogP contribution in [0.3, 0.4) is 0 Å². The van der Waals surface area contributed by atoms with Crippen molar-refractivity contribution in [2.45, 2.75) is 38.6 Å². The van der Waals surface area contributed by atoms with E-state index in [4.69, 9.17) is 16.3 Å². The highest BCUT2D eigenvalue weighted by Gasteiger charge is 2.21. The van der Waals surface area contributed by atoms with Crippen molar-refractivity contribution in [3.05, 3.63) is 23.2 Å². The number of ether oxygens (including phenoxy) is 1. The highest BCUT2D eigenvalue weighted by Crippen LogP contribution is 2.33. The first-order valence-electron chi connectivity index (χ1n) is 7.10. The number of anilines is 1. The Morgan fingerprint density at radius 3 is 3.05 bits per heavy atom. The monoisotopic (exact) mass is 310 g/mol. The van der Waals surface area contributed by atoms with Gasteiger partial charge in [0.25, 0.3) is 0 Å². The SMILES string of the molecule is CCOc1c(Cl)cccc1NC(=O)CC1CCCC(=O)N1. The summed E-state index contributed by atoms with van der Waals surface area (Å²) in [5.74, 6) is 0.324. The van der Waals surface area contributed by atoms with E-state index in [0.29, 0.717) is 29.5 Å². The summed E-state index contributed by atoms with van der Waals surface area (Å²) < 4.78 is 5.46. The lowest BCUT2D eigenvalue weighted by molar-refractivity contribution is -0.124. The molecule has 1 saturated heterocycles. The molecule has 21 heavy (non-hydrogen) atoms. The Bertz CT molecular complexity index is 534.